The summed E-state index contributed by atoms with van der Waals surface area (Å²) in [5, 5.41) is 0. The molecule has 0 aromatic carbocycles. The molecule has 4 fully saturated rings. The first-order valence-corrected chi connectivity index (χ1v) is 12.4. The Balaban J connectivity index is 1.06. The third kappa shape index (κ3) is 4.70. The predicted octanol–water partition coefficient (Wildman–Crippen LogP) is 2.45. The van der Waals surface area contributed by atoms with E-state index in [1.807, 2.05) is 20.8 Å². The first-order chi connectivity index (χ1) is 15.7. The zero-order valence-corrected chi connectivity index (χ0v) is 19.0. The standard InChI is InChI=1S/C24H35N5O3/c30-23(27-10-2-1-3-11-27)22-9-8-20(16-25-22)32-21-17-29(18-21)24(31)28-13-5-12-26(14-15-28)19-6-4-7-19/h8-9,16,19,21H,1-7,10-15,17-18H2. The van der Waals surface area contributed by atoms with Gasteiger partial charge in [-0.1, -0.05) is 6.42 Å². The minimum Gasteiger partial charge on any atom is -0.485 e. The Morgan fingerprint density at radius 2 is 1.59 bits per heavy atom. The van der Waals surface area contributed by atoms with Gasteiger partial charge in [-0.05, 0) is 50.7 Å². The second kappa shape index (κ2) is 9.65. The number of ether oxygens (including phenoxy) is 1. The highest BCUT2D eigenvalue weighted by Crippen LogP contribution is 2.26. The van der Waals surface area contributed by atoms with Gasteiger partial charge in [0.15, 0.2) is 0 Å². The molecule has 8 nitrogen and oxygen atoms in total. The summed E-state index contributed by atoms with van der Waals surface area (Å²) < 4.78 is 5.99. The zero-order chi connectivity index (χ0) is 21.9. The van der Waals surface area contributed by atoms with Crippen molar-refractivity contribution in [3.63, 3.8) is 0 Å². The van der Waals surface area contributed by atoms with E-state index >= 15 is 0 Å². The lowest BCUT2D eigenvalue weighted by molar-refractivity contribution is 0.0306. The molecule has 4 heterocycles. The topological polar surface area (TPSA) is 69.2 Å². The van der Waals surface area contributed by atoms with Gasteiger partial charge >= 0.3 is 6.03 Å². The molecule has 0 N–H and O–H groups in total. The Labute approximate surface area is 190 Å². The van der Waals surface area contributed by atoms with Crippen LogP contribution in [0.5, 0.6) is 5.75 Å². The van der Waals surface area contributed by atoms with E-state index < -0.39 is 0 Å². The highest BCUT2D eigenvalue weighted by molar-refractivity contribution is 5.92. The van der Waals surface area contributed by atoms with Crippen molar-refractivity contribution in [2.45, 2.75) is 57.1 Å². The Bertz CT molecular complexity index is 800. The highest BCUT2D eigenvalue weighted by atomic mass is 16.5. The molecule has 3 saturated heterocycles. The molecule has 32 heavy (non-hydrogen) atoms. The molecule has 0 atom stereocenters. The van der Waals surface area contributed by atoms with Gasteiger partial charge in [-0.25, -0.2) is 9.78 Å². The zero-order valence-electron chi connectivity index (χ0n) is 19.0. The number of carbonyl (C=O) groups excluding carboxylic acids is 2. The monoisotopic (exact) mass is 441 g/mol. The van der Waals surface area contributed by atoms with E-state index in [0.29, 0.717) is 24.5 Å². The number of hydrogen-bond donors (Lipinski definition) is 0. The van der Waals surface area contributed by atoms with Gasteiger partial charge in [-0.15, -0.1) is 0 Å². The smallest absolute Gasteiger partial charge is 0.320 e. The average Bonchev–Trinajstić information content (AvgIpc) is 3.01. The van der Waals surface area contributed by atoms with Crippen LogP contribution in [-0.2, 0) is 0 Å². The molecule has 1 aromatic heterocycles. The molecule has 3 amide bonds. The minimum atomic E-state index is -0.0113. The van der Waals surface area contributed by atoms with Gasteiger partial charge in [-0.3, -0.25) is 9.69 Å². The number of urea groups is 1. The fourth-order valence-electron chi connectivity index (χ4n) is 5.14. The quantitative estimate of drug-likeness (QED) is 0.718. The van der Waals surface area contributed by atoms with Gasteiger partial charge < -0.3 is 19.4 Å². The van der Waals surface area contributed by atoms with Crippen molar-refractivity contribution in [3.8, 4) is 5.75 Å². The number of nitrogens with zero attached hydrogens (tertiary/aromatic N) is 5. The number of piperidine rings is 1. The third-order valence-corrected chi connectivity index (χ3v) is 7.41. The molecule has 0 radical (unpaired) electrons. The first kappa shape index (κ1) is 21.5. The van der Waals surface area contributed by atoms with Crippen LogP contribution < -0.4 is 4.74 Å². The van der Waals surface area contributed by atoms with E-state index in [0.717, 1.165) is 64.6 Å². The van der Waals surface area contributed by atoms with Crippen LogP contribution in [0.3, 0.4) is 0 Å². The van der Waals surface area contributed by atoms with Gasteiger partial charge in [-0.2, -0.15) is 0 Å². The van der Waals surface area contributed by atoms with Crippen molar-refractivity contribution in [1.29, 1.82) is 0 Å². The SMILES string of the molecule is O=C(c1ccc(OC2CN(C(=O)N3CCCN(C4CCC4)CC3)C2)cn1)N1CCCCC1. The number of rotatable bonds is 4. The minimum absolute atomic E-state index is 0.00462. The van der Waals surface area contributed by atoms with Crippen molar-refractivity contribution < 1.29 is 14.3 Å². The van der Waals surface area contributed by atoms with Crippen molar-refractivity contribution in [2.24, 2.45) is 0 Å². The van der Waals surface area contributed by atoms with E-state index in [9.17, 15) is 9.59 Å². The maximum absolute atomic E-state index is 12.9. The molecule has 1 aromatic rings. The van der Waals surface area contributed by atoms with Crippen LogP contribution >= 0.6 is 0 Å². The number of amides is 3. The third-order valence-electron chi connectivity index (χ3n) is 7.41. The van der Waals surface area contributed by atoms with Gasteiger partial charge in [0.25, 0.3) is 5.91 Å². The molecule has 8 heteroatoms. The molecule has 0 bridgehead atoms. The van der Waals surface area contributed by atoms with Crippen LogP contribution in [0.2, 0.25) is 0 Å². The molecule has 174 valence electrons. The Kier molecular flexibility index (Phi) is 6.48. The van der Waals surface area contributed by atoms with Crippen LogP contribution in [0.1, 0.15) is 55.4 Å². The van der Waals surface area contributed by atoms with Gasteiger partial charge in [0.1, 0.15) is 17.5 Å². The summed E-state index contributed by atoms with van der Waals surface area (Å²) in [4.78, 5) is 38.1. The second-order valence-corrected chi connectivity index (χ2v) is 9.62. The molecule has 3 aliphatic heterocycles. The summed E-state index contributed by atoms with van der Waals surface area (Å²) in [5.74, 6) is 0.660. The van der Waals surface area contributed by atoms with Gasteiger partial charge in [0.2, 0.25) is 0 Å². The van der Waals surface area contributed by atoms with Crippen molar-refractivity contribution in [1.82, 2.24) is 24.6 Å². The van der Waals surface area contributed by atoms with Crippen LogP contribution in [-0.4, -0.2) is 101 Å². The number of likely N-dealkylation sites (tertiary alicyclic amines) is 2. The van der Waals surface area contributed by atoms with Crippen LogP contribution in [0.25, 0.3) is 0 Å². The molecule has 5 rings (SSSR count). The van der Waals surface area contributed by atoms with Crippen LogP contribution in [0.15, 0.2) is 18.3 Å². The van der Waals surface area contributed by atoms with Crippen molar-refractivity contribution >= 4 is 11.9 Å². The predicted molar refractivity (Wildman–Crippen MR) is 121 cm³/mol. The fraction of sp³-hybridized carbons (Fsp3) is 0.708. The fourth-order valence-corrected chi connectivity index (χ4v) is 5.14. The van der Waals surface area contributed by atoms with E-state index in [4.69, 9.17) is 4.74 Å². The number of hydrogen-bond acceptors (Lipinski definition) is 5. The summed E-state index contributed by atoms with van der Waals surface area (Å²) in [6.45, 7) is 6.64. The number of pyridine rings is 1. The van der Waals surface area contributed by atoms with Crippen LogP contribution in [0, 0.1) is 0 Å². The van der Waals surface area contributed by atoms with Gasteiger partial charge in [0.05, 0.1) is 19.3 Å². The summed E-state index contributed by atoms with van der Waals surface area (Å²) in [6.07, 6.45) is 10.0. The maximum Gasteiger partial charge on any atom is 0.320 e. The van der Waals surface area contributed by atoms with Crippen molar-refractivity contribution in [3.05, 3.63) is 24.0 Å². The maximum atomic E-state index is 12.9. The normalized spacial score (nSPS) is 23.3. The lowest BCUT2D eigenvalue weighted by Crippen LogP contribution is -2.60. The summed E-state index contributed by atoms with van der Waals surface area (Å²) in [6, 6.07) is 4.46. The Hall–Kier alpha value is -2.35. The summed E-state index contributed by atoms with van der Waals surface area (Å²) in [7, 11) is 0. The Morgan fingerprint density at radius 3 is 2.28 bits per heavy atom. The molecule has 0 unspecified atom stereocenters. The lowest BCUT2D eigenvalue weighted by Gasteiger charge is -2.41. The molecule has 1 aliphatic carbocycles. The lowest BCUT2D eigenvalue weighted by atomic mass is 9.91. The molecular weight excluding hydrogens is 406 g/mol. The first-order valence-electron chi connectivity index (χ1n) is 12.4. The second-order valence-electron chi connectivity index (χ2n) is 9.62. The summed E-state index contributed by atoms with van der Waals surface area (Å²) in [5.41, 5.74) is 0.474. The van der Waals surface area contributed by atoms with Crippen LogP contribution in [0.4, 0.5) is 4.79 Å². The Morgan fingerprint density at radius 1 is 0.812 bits per heavy atom. The molecular formula is C24H35N5O3. The number of carbonyl (C=O) groups is 2. The highest BCUT2D eigenvalue weighted by Gasteiger charge is 2.36. The van der Waals surface area contributed by atoms with Gasteiger partial charge in [0, 0.05) is 45.3 Å². The molecule has 4 aliphatic rings. The number of aromatic nitrogens is 1. The van der Waals surface area contributed by atoms with E-state index in [-0.39, 0.29) is 18.0 Å². The van der Waals surface area contributed by atoms with E-state index in [1.165, 1.54) is 25.7 Å². The summed E-state index contributed by atoms with van der Waals surface area (Å²) >= 11 is 0. The average molecular weight is 442 g/mol. The molecule has 0 spiro atoms. The van der Waals surface area contributed by atoms with E-state index in [1.54, 1.807) is 12.3 Å². The van der Waals surface area contributed by atoms with E-state index in [2.05, 4.69) is 9.88 Å². The molecule has 1 saturated carbocycles. The van der Waals surface area contributed by atoms with Crippen molar-refractivity contribution in [2.75, 3.05) is 52.4 Å². The largest absolute Gasteiger partial charge is 0.485 e.